The van der Waals surface area contributed by atoms with Crippen molar-refractivity contribution in [2.45, 2.75) is 26.4 Å². The van der Waals surface area contributed by atoms with Crippen molar-refractivity contribution >= 4 is 17.7 Å². The van der Waals surface area contributed by atoms with E-state index in [1.54, 1.807) is 17.0 Å². The number of hydrogen-bond acceptors (Lipinski definition) is 5. The second-order valence-corrected chi connectivity index (χ2v) is 8.43. The van der Waals surface area contributed by atoms with Gasteiger partial charge in [-0.15, -0.1) is 0 Å². The summed E-state index contributed by atoms with van der Waals surface area (Å²) >= 11 is 0. The normalized spacial score (nSPS) is 18.9. The van der Waals surface area contributed by atoms with Gasteiger partial charge in [-0.25, -0.2) is 4.79 Å². The molecule has 2 fully saturated rings. The van der Waals surface area contributed by atoms with Gasteiger partial charge in [0.25, 0.3) is 5.91 Å². The van der Waals surface area contributed by atoms with Crippen LogP contribution < -0.4 is 5.73 Å². The highest BCUT2D eigenvalue weighted by Crippen LogP contribution is 2.21. The quantitative estimate of drug-likeness (QED) is 0.818. The van der Waals surface area contributed by atoms with Gasteiger partial charge >= 0.3 is 6.09 Å². The maximum absolute atomic E-state index is 12.6. The standard InChI is InChI=1S/C20H30N4O3/c1-20(2,3)27-19(26)24-13-15(14-24)12-22-8-10-23(11-9-22)18(25)16-6-4-5-7-17(16)21/h4-7,15H,8-14,21H2,1-3H3. The maximum Gasteiger partial charge on any atom is 0.410 e. The molecule has 2 N–H and O–H groups in total. The molecule has 2 aliphatic rings. The number of carbonyl (C=O) groups is 2. The van der Waals surface area contributed by atoms with Gasteiger partial charge in [0.2, 0.25) is 0 Å². The molecule has 7 heteroatoms. The number of nitrogens with zero attached hydrogens (tertiary/aromatic N) is 3. The van der Waals surface area contributed by atoms with Crippen LogP contribution in [0.15, 0.2) is 24.3 Å². The lowest BCUT2D eigenvalue weighted by atomic mass is 9.99. The van der Waals surface area contributed by atoms with E-state index in [9.17, 15) is 9.59 Å². The van der Waals surface area contributed by atoms with E-state index >= 15 is 0 Å². The highest BCUT2D eigenvalue weighted by molar-refractivity contribution is 5.99. The van der Waals surface area contributed by atoms with Crippen molar-refractivity contribution in [3.63, 3.8) is 0 Å². The Morgan fingerprint density at radius 2 is 1.70 bits per heavy atom. The SMILES string of the molecule is CC(C)(C)OC(=O)N1CC(CN2CCN(C(=O)c3ccccc3N)CC2)C1. The van der Waals surface area contributed by atoms with Crippen molar-refractivity contribution in [3.05, 3.63) is 29.8 Å². The third-order valence-corrected chi connectivity index (χ3v) is 4.98. The molecule has 7 nitrogen and oxygen atoms in total. The number of likely N-dealkylation sites (tertiary alicyclic amines) is 1. The van der Waals surface area contributed by atoms with Gasteiger partial charge in [-0.05, 0) is 32.9 Å². The molecule has 0 unspecified atom stereocenters. The lowest BCUT2D eigenvalue weighted by molar-refractivity contribution is -0.00892. The minimum atomic E-state index is -0.451. The number of nitrogens with two attached hydrogens (primary N) is 1. The third-order valence-electron chi connectivity index (χ3n) is 4.98. The van der Waals surface area contributed by atoms with E-state index in [1.165, 1.54) is 0 Å². The zero-order valence-electron chi connectivity index (χ0n) is 16.5. The van der Waals surface area contributed by atoms with E-state index in [0.717, 1.165) is 32.7 Å². The number of anilines is 1. The summed E-state index contributed by atoms with van der Waals surface area (Å²) in [5, 5.41) is 0. The number of amides is 2. The monoisotopic (exact) mass is 374 g/mol. The number of benzene rings is 1. The molecule has 0 bridgehead atoms. The Morgan fingerprint density at radius 3 is 2.30 bits per heavy atom. The fourth-order valence-corrected chi connectivity index (χ4v) is 3.52. The van der Waals surface area contributed by atoms with Crippen LogP contribution in [-0.2, 0) is 4.74 Å². The van der Waals surface area contributed by atoms with Crippen LogP contribution in [0.3, 0.4) is 0 Å². The van der Waals surface area contributed by atoms with Crippen LogP contribution in [0.25, 0.3) is 0 Å². The van der Waals surface area contributed by atoms with Crippen molar-refractivity contribution in [3.8, 4) is 0 Å². The minimum Gasteiger partial charge on any atom is -0.444 e. The van der Waals surface area contributed by atoms with Gasteiger partial charge in [0.1, 0.15) is 5.60 Å². The zero-order chi connectivity index (χ0) is 19.6. The summed E-state index contributed by atoms with van der Waals surface area (Å²) in [5.41, 5.74) is 6.58. The average molecular weight is 374 g/mol. The van der Waals surface area contributed by atoms with Gasteiger partial charge in [0.05, 0.1) is 5.56 Å². The molecule has 148 valence electrons. The lowest BCUT2D eigenvalue weighted by Gasteiger charge is -2.43. The molecule has 1 aromatic rings. The largest absolute Gasteiger partial charge is 0.444 e. The highest BCUT2D eigenvalue weighted by atomic mass is 16.6. The molecule has 0 radical (unpaired) electrons. The molecule has 3 rings (SSSR count). The smallest absolute Gasteiger partial charge is 0.410 e. The van der Waals surface area contributed by atoms with Gasteiger partial charge in [-0.1, -0.05) is 12.1 Å². The maximum atomic E-state index is 12.6. The summed E-state index contributed by atoms with van der Waals surface area (Å²) < 4.78 is 5.39. The summed E-state index contributed by atoms with van der Waals surface area (Å²) in [6, 6.07) is 7.22. The Kier molecular flexibility index (Phi) is 5.60. The fraction of sp³-hybridized carbons (Fsp3) is 0.600. The lowest BCUT2D eigenvalue weighted by Crippen LogP contribution is -2.57. The van der Waals surface area contributed by atoms with Crippen LogP contribution in [-0.4, -0.2) is 78.1 Å². The number of ether oxygens (including phenoxy) is 1. The van der Waals surface area contributed by atoms with Crippen molar-refractivity contribution in [2.24, 2.45) is 5.92 Å². The number of hydrogen-bond donors (Lipinski definition) is 1. The number of nitrogen functional groups attached to an aromatic ring is 1. The van der Waals surface area contributed by atoms with E-state index in [0.29, 0.717) is 30.3 Å². The Morgan fingerprint density at radius 1 is 1.07 bits per heavy atom. The first kappa shape index (κ1) is 19.5. The van der Waals surface area contributed by atoms with Gasteiger partial charge in [-0.2, -0.15) is 0 Å². The highest BCUT2D eigenvalue weighted by Gasteiger charge is 2.35. The molecule has 1 aromatic carbocycles. The summed E-state index contributed by atoms with van der Waals surface area (Å²) in [4.78, 5) is 30.6. The number of piperazine rings is 1. The van der Waals surface area contributed by atoms with Crippen LogP contribution in [0.4, 0.5) is 10.5 Å². The first-order valence-electron chi connectivity index (χ1n) is 9.57. The molecule has 2 saturated heterocycles. The van der Waals surface area contributed by atoms with Crippen LogP contribution in [0.1, 0.15) is 31.1 Å². The summed E-state index contributed by atoms with van der Waals surface area (Å²) in [5.74, 6) is 0.483. The third kappa shape index (κ3) is 4.91. The van der Waals surface area contributed by atoms with E-state index in [4.69, 9.17) is 10.5 Å². The fourth-order valence-electron chi connectivity index (χ4n) is 3.52. The molecular weight excluding hydrogens is 344 g/mol. The van der Waals surface area contributed by atoms with E-state index in [-0.39, 0.29) is 12.0 Å². The summed E-state index contributed by atoms with van der Waals surface area (Å²) in [7, 11) is 0. The van der Waals surface area contributed by atoms with Crippen LogP contribution in [0.5, 0.6) is 0 Å². The van der Waals surface area contributed by atoms with Gasteiger partial charge < -0.3 is 20.3 Å². The first-order valence-corrected chi connectivity index (χ1v) is 9.57. The van der Waals surface area contributed by atoms with Gasteiger partial charge in [0.15, 0.2) is 0 Å². The Balaban J connectivity index is 1.40. The van der Waals surface area contributed by atoms with Crippen LogP contribution >= 0.6 is 0 Å². The Bertz CT molecular complexity index is 687. The molecule has 2 amide bonds. The molecule has 0 spiro atoms. The Labute approximate surface area is 161 Å². The average Bonchev–Trinajstić information content (AvgIpc) is 2.56. The predicted octanol–water partition coefficient (Wildman–Crippen LogP) is 1.89. The predicted molar refractivity (Wildman–Crippen MR) is 104 cm³/mol. The number of para-hydroxylation sites is 1. The van der Waals surface area contributed by atoms with E-state index < -0.39 is 5.60 Å². The minimum absolute atomic E-state index is 0.00694. The number of carbonyl (C=O) groups excluding carboxylic acids is 2. The zero-order valence-corrected chi connectivity index (χ0v) is 16.5. The Hall–Kier alpha value is -2.28. The molecule has 0 aliphatic carbocycles. The molecule has 0 atom stereocenters. The van der Waals surface area contributed by atoms with Crippen molar-refractivity contribution in [1.29, 1.82) is 0 Å². The molecule has 27 heavy (non-hydrogen) atoms. The van der Waals surface area contributed by atoms with E-state index in [2.05, 4.69) is 4.90 Å². The molecule has 2 heterocycles. The van der Waals surface area contributed by atoms with Crippen molar-refractivity contribution in [2.75, 3.05) is 51.5 Å². The van der Waals surface area contributed by atoms with E-state index in [1.807, 2.05) is 37.8 Å². The summed E-state index contributed by atoms with van der Waals surface area (Å²) in [6.45, 7) is 11.2. The van der Waals surface area contributed by atoms with Crippen molar-refractivity contribution in [1.82, 2.24) is 14.7 Å². The topological polar surface area (TPSA) is 79.1 Å². The van der Waals surface area contributed by atoms with Crippen LogP contribution in [0, 0.1) is 5.92 Å². The van der Waals surface area contributed by atoms with Gasteiger partial charge in [-0.3, -0.25) is 9.69 Å². The van der Waals surface area contributed by atoms with Gasteiger partial charge in [0, 0.05) is 57.4 Å². The van der Waals surface area contributed by atoms with Crippen molar-refractivity contribution < 1.29 is 14.3 Å². The molecule has 0 saturated carbocycles. The molecule has 2 aliphatic heterocycles. The molecule has 0 aromatic heterocycles. The second-order valence-electron chi connectivity index (χ2n) is 8.43. The summed E-state index contributed by atoms with van der Waals surface area (Å²) in [6.07, 6.45) is -0.227. The second kappa shape index (κ2) is 7.76. The molecular formula is C20H30N4O3. The van der Waals surface area contributed by atoms with Crippen LogP contribution in [0.2, 0.25) is 0 Å². The first-order chi connectivity index (χ1) is 12.7. The number of rotatable bonds is 3.